The van der Waals surface area contributed by atoms with Gasteiger partial charge in [0.05, 0.1) is 22.7 Å². The van der Waals surface area contributed by atoms with E-state index in [4.69, 9.17) is 0 Å². The van der Waals surface area contributed by atoms with Crippen LogP contribution in [0, 0.1) is 36.7 Å². The minimum Gasteiger partial charge on any atom is -0.326 e. The van der Waals surface area contributed by atoms with Crippen LogP contribution in [0.25, 0.3) is 5.69 Å². The molecule has 8 heteroatoms. The van der Waals surface area contributed by atoms with Crippen molar-refractivity contribution in [2.24, 2.45) is 0 Å². The van der Waals surface area contributed by atoms with Gasteiger partial charge in [0.1, 0.15) is 5.82 Å². The van der Waals surface area contributed by atoms with Gasteiger partial charge in [0.2, 0.25) is 5.91 Å². The largest absolute Gasteiger partial charge is 0.326 e. The summed E-state index contributed by atoms with van der Waals surface area (Å²) in [5.41, 5.74) is 3.75. The fourth-order valence-corrected chi connectivity index (χ4v) is 3.01. The van der Waals surface area contributed by atoms with E-state index in [2.05, 4.69) is 10.4 Å². The maximum Gasteiger partial charge on any atom is 0.274 e. The fraction of sp³-hybridized carbons (Fsp3) is 0.200. The summed E-state index contributed by atoms with van der Waals surface area (Å²) in [7, 11) is 0. The quantitative estimate of drug-likeness (QED) is 0.533. The second kappa shape index (κ2) is 7.59. The maximum absolute atomic E-state index is 13.1. The smallest absolute Gasteiger partial charge is 0.274 e. The number of anilines is 1. The molecule has 3 rings (SSSR count). The Labute approximate surface area is 161 Å². The van der Waals surface area contributed by atoms with Crippen LogP contribution < -0.4 is 5.32 Å². The summed E-state index contributed by atoms with van der Waals surface area (Å²) in [6, 6.07) is 10.5. The molecule has 0 fully saturated rings. The Morgan fingerprint density at radius 2 is 1.86 bits per heavy atom. The monoisotopic (exact) mass is 382 g/mol. The van der Waals surface area contributed by atoms with Crippen LogP contribution in [0.5, 0.6) is 0 Å². The number of aromatic nitrogens is 2. The van der Waals surface area contributed by atoms with E-state index in [0.29, 0.717) is 22.6 Å². The Bertz CT molecular complexity index is 1060. The third kappa shape index (κ3) is 3.90. The first kappa shape index (κ1) is 19.2. The number of hydrogen-bond acceptors (Lipinski definition) is 4. The van der Waals surface area contributed by atoms with E-state index in [-0.39, 0.29) is 23.8 Å². The molecule has 1 heterocycles. The minimum atomic E-state index is -0.480. The molecule has 0 bridgehead atoms. The number of aryl methyl sites for hydroxylation is 2. The lowest BCUT2D eigenvalue weighted by molar-refractivity contribution is -0.385. The highest BCUT2D eigenvalue weighted by Crippen LogP contribution is 2.23. The first-order valence-electron chi connectivity index (χ1n) is 8.62. The summed E-state index contributed by atoms with van der Waals surface area (Å²) in [6.07, 6.45) is 0.0700. The number of benzene rings is 2. The molecule has 0 atom stereocenters. The Morgan fingerprint density at radius 3 is 2.50 bits per heavy atom. The molecule has 0 aliphatic carbocycles. The molecule has 7 nitrogen and oxygen atoms in total. The molecule has 1 N–H and O–H groups in total. The summed E-state index contributed by atoms with van der Waals surface area (Å²) in [6.45, 7) is 5.27. The van der Waals surface area contributed by atoms with Gasteiger partial charge >= 0.3 is 0 Å². The van der Waals surface area contributed by atoms with E-state index in [1.807, 2.05) is 6.92 Å². The lowest BCUT2D eigenvalue weighted by Gasteiger charge is -2.08. The van der Waals surface area contributed by atoms with E-state index >= 15 is 0 Å². The van der Waals surface area contributed by atoms with Gasteiger partial charge in [-0.1, -0.05) is 6.07 Å². The number of nitro groups is 1. The van der Waals surface area contributed by atoms with Crippen molar-refractivity contribution in [3.63, 3.8) is 0 Å². The van der Waals surface area contributed by atoms with Crippen molar-refractivity contribution in [1.29, 1.82) is 0 Å². The molecule has 1 aromatic heterocycles. The number of carbonyl (C=O) groups is 1. The van der Waals surface area contributed by atoms with E-state index in [1.165, 1.54) is 18.2 Å². The number of nitrogens with zero attached hydrogens (tertiary/aromatic N) is 3. The van der Waals surface area contributed by atoms with Gasteiger partial charge < -0.3 is 5.32 Å². The van der Waals surface area contributed by atoms with E-state index in [0.717, 1.165) is 11.3 Å². The average molecular weight is 382 g/mol. The summed E-state index contributed by atoms with van der Waals surface area (Å²) in [4.78, 5) is 23.1. The highest BCUT2D eigenvalue weighted by Gasteiger charge is 2.17. The van der Waals surface area contributed by atoms with Crippen molar-refractivity contribution in [3.8, 4) is 5.69 Å². The predicted molar refractivity (Wildman–Crippen MR) is 103 cm³/mol. The molecule has 0 unspecified atom stereocenters. The van der Waals surface area contributed by atoms with Gasteiger partial charge in [-0.15, -0.1) is 0 Å². The number of hydrogen-bond donors (Lipinski definition) is 1. The summed E-state index contributed by atoms with van der Waals surface area (Å²) in [5, 5.41) is 18.2. The van der Waals surface area contributed by atoms with Crippen molar-refractivity contribution in [2.75, 3.05) is 5.32 Å². The van der Waals surface area contributed by atoms with Gasteiger partial charge in [-0.05, 0) is 51.1 Å². The molecular formula is C20H19FN4O3. The third-order valence-electron chi connectivity index (χ3n) is 4.54. The number of nitrogens with one attached hydrogen (secondary N) is 1. The second-order valence-electron chi connectivity index (χ2n) is 6.52. The van der Waals surface area contributed by atoms with Gasteiger partial charge in [0, 0.05) is 28.6 Å². The first-order chi connectivity index (χ1) is 13.3. The molecule has 0 aliphatic rings. The normalized spacial score (nSPS) is 10.7. The van der Waals surface area contributed by atoms with Crippen LogP contribution in [-0.2, 0) is 11.2 Å². The van der Waals surface area contributed by atoms with Crippen LogP contribution in [0.1, 0.15) is 22.5 Å². The van der Waals surface area contributed by atoms with Crippen LogP contribution in [0.15, 0.2) is 42.5 Å². The minimum absolute atomic E-state index is 0.0470. The molecule has 28 heavy (non-hydrogen) atoms. The van der Waals surface area contributed by atoms with E-state index < -0.39 is 4.92 Å². The van der Waals surface area contributed by atoms with Gasteiger partial charge in [0.25, 0.3) is 5.69 Å². The summed E-state index contributed by atoms with van der Waals surface area (Å²) < 4.78 is 14.8. The zero-order chi connectivity index (χ0) is 20.4. The number of amides is 1. The van der Waals surface area contributed by atoms with Crippen LogP contribution >= 0.6 is 0 Å². The van der Waals surface area contributed by atoms with Crippen molar-refractivity contribution in [2.45, 2.75) is 27.2 Å². The van der Waals surface area contributed by atoms with Crippen LogP contribution in [0.3, 0.4) is 0 Å². The van der Waals surface area contributed by atoms with Gasteiger partial charge in [-0.25, -0.2) is 9.07 Å². The van der Waals surface area contributed by atoms with Gasteiger partial charge in [-0.2, -0.15) is 5.10 Å². The SMILES string of the molecule is Cc1ccc(NC(=O)Cc2c(C)nn(-c3ccc(F)cc3)c2C)cc1[N+](=O)[O-]. The van der Waals surface area contributed by atoms with E-state index in [9.17, 15) is 19.3 Å². The Balaban J connectivity index is 1.80. The Morgan fingerprint density at radius 1 is 1.18 bits per heavy atom. The molecule has 2 aromatic carbocycles. The number of carbonyl (C=O) groups excluding carboxylic acids is 1. The zero-order valence-electron chi connectivity index (χ0n) is 15.7. The van der Waals surface area contributed by atoms with Gasteiger partial charge in [-0.3, -0.25) is 14.9 Å². The molecule has 1 amide bonds. The second-order valence-corrected chi connectivity index (χ2v) is 6.52. The third-order valence-corrected chi connectivity index (χ3v) is 4.54. The lowest BCUT2D eigenvalue weighted by atomic mass is 10.1. The van der Waals surface area contributed by atoms with Gasteiger partial charge in [0.15, 0.2) is 0 Å². The molecule has 0 radical (unpaired) electrons. The Kier molecular flexibility index (Phi) is 5.21. The van der Waals surface area contributed by atoms with Crippen molar-refractivity contribution >= 4 is 17.3 Å². The highest BCUT2D eigenvalue weighted by atomic mass is 19.1. The fourth-order valence-electron chi connectivity index (χ4n) is 3.01. The van der Waals surface area contributed by atoms with Crippen molar-refractivity contribution in [1.82, 2.24) is 9.78 Å². The summed E-state index contributed by atoms with van der Waals surface area (Å²) >= 11 is 0. The zero-order valence-corrected chi connectivity index (χ0v) is 15.7. The molecule has 0 saturated heterocycles. The maximum atomic E-state index is 13.1. The highest BCUT2D eigenvalue weighted by molar-refractivity contribution is 5.93. The molecular weight excluding hydrogens is 363 g/mol. The predicted octanol–water partition coefficient (Wildman–Crippen LogP) is 4.03. The lowest BCUT2D eigenvalue weighted by Crippen LogP contribution is -2.15. The summed E-state index contributed by atoms with van der Waals surface area (Å²) in [5.74, 6) is -0.639. The van der Waals surface area contributed by atoms with Crippen LogP contribution in [-0.4, -0.2) is 20.6 Å². The molecule has 3 aromatic rings. The molecule has 0 aliphatic heterocycles. The molecule has 0 saturated carbocycles. The average Bonchev–Trinajstić information content (AvgIpc) is 2.92. The van der Waals surface area contributed by atoms with Crippen molar-refractivity contribution in [3.05, 3.63) is 80.9 Å². The number of rotatable bonds is 5. The van der Waals surface area contributed by atoms with Crippen LogP contribution in [0.2, 0.25) is 0 Å². The van der Waals surface area contributed by atoms with E-state index in [1.54, 1.807) is 42.8 Å². The first-order valence-corrected chi connectivity index (χ1v) is 8.62. The van der Waals surface area contributed by atoms with Crippen LogP contribution in [0.4, 0.5) is 15.8 Å². The van der Waals surface area contributed by atoms with Crippen molar-refractivity contribution < 1.29 is 14.1 Å². The molecule has 0 spiro atoms. The standard InChI is InChI=1S/C20H19FN4O3/c1-12-4-7-16(10-19(12)25(27)28)22-20(26)11-18-13(2)23-24(14(18)3)17-8-5-15(21)6-9-17/h4-10H,11H2,1-3H3,(H,22,26). The Hall–Kier alpha value is -3.55. The number of halogens is 1. The molecule has 144 valence electrons. The topological polar surface area (TPSA) is 90.1 Å². The number of nitro benzene ring substituents is 1.